The zero-order chi connectivity index (χ0) is 17.6. The Morgan fingerprint density at radius 3 is 2.80 bits per heavy atom. The smallest absolute Gasteiger partial charge is 0.248 e. The monoisotopic (exact) mass is 337 g/mol. The van der Waals surface area contributed by atoms with Crippen molar-refractivity contribution in [1.29, 1.82) is 0 Å². The summed E-state index contributed by atoms with van der Waals surface area (Å²) in [5.41, 5.74) is 2.48. The van der Waals surface area contributed by atoms with E-state index in [1.807, 2.05) is 30.3 Å². The first kappa shape index (κ1) is 16.6. The van der Waals surface area contributed by atoms with Crippen molar-refractivity contribution < 1.29 is 19.0 Å². The van der Waals surface area contributed by atoms with Crippen molar-refractivity contribution in [2.24, 2.45) is 0 Å². The fourth-order valence-corrected chi connectivity index (χ4v) is 2.50. The molecule has 1 aliphatic heterocycles. The first-order chi connectivity index (χ1) is 12.2. The van der Waals surface area contributed by atoms with Crippen LogP contribution in [-0.2, 0) is 4.79 Å². The standard InChI is InChI=1S/C20H19NO4/c1-23-16-8-9-19(24-2)17(12-16)21-20(22)10-7-14-11-15-5-3-4-6-18(15)25-13-14/h3-12H,13H2,1-2H3,(H,21,22). The maximum atomic E-state index is 12.2. The van der Waals surface area contributed by atoms with Crippen LogP contribution in [0.3, 0.4) is 0 Å². The van der Waals surface area contributed by atoms with E-state index in [1.165, 1.54) is 6.08 Å². The largest absolute Gasteiger partial charge is 0.497 e. The zero-order valence-electron chi connectivity index (χ0n) is 14.1. The number of carbonyl (C=O) groups is 1. The lowest BCUT2D eigenvalue weighted by Crippen LogP contribution is -2.10. The van der Waals surface area contributed by atoms with E-state index in [1.54, 1.807) is 38.5 Å². The zero-order valence-corrected chi connectivity index (χ0v) is 14.1. The molecule has 1 heterocycles. The fourth-order valence-electron chi connectivity index (χ4n) is 2.50. The molecule has 128 valence electrons. The lowest BCUT2D eigenvalue weighted by atomic mass is 10.1. The van der Waals surface area contributed by atoms with Crippen LogP contribution < -0.4 is 19.5 Å². The Morgan fingerprint density at radius 2 is 2.00 bits per heavy atom. The number of benzene rings is 2. The highest BCUT2D eigenvalue weighted by atomic mass is 16.5. The number of anilines is 1. The van der Waals surface area contributed by atoms with Gasteiger partial charge in [-0.1, -0.05) is 24.3 Å². The highest BCUT2D eigenvalue weighted by Crippen LogP contribution is 2.29. The van der Waals surface area contributed by atoms with Crippen LogP contribution in [0, 0.1) is 0 Å². The third-order valence-corrected chi connectivity index (χ3v) is 3.77. The van der Waals surface area contributed by atoms with E-state index in [-0.39, 0.29) is 5.91 Å². The Bertz CT molecular complexity index is 839. The van der Waals surface area contributed by atoms with Gasteiger partial charge in [-0.25, -0.2) is 0 Å². The Morgan fingerprint density at radius 1 is 1.16 bits per heavy atom. The van der Waals surface area contributed by atoms with Gasteiger partial charge in [-0.2, -0.15) is 0 Å². The molecule has 25 heavy (non-hydrogen) atoms. The van der Waals surface area contributed by atoms with Crippen molar-refractivity contribution in [3.05, 3.63) is 65.8 Å². The van der Waals surface area contributed by atoms with Gasteiger partial charge in [0.1, 0.15) is 23.9 Å². The summed E-state index contributed by atoms with van der Waals surface area (Å²) in [6.45, 7) is 0.434. The average molecular weight is 337 g/mol. The maximum Gasteiger partial charge on any atom is 0.248 e. The molecular weight excluding hydrogens is 318 g/mol. The second-order valence-corrected chi connectivity index (χ2v) is 5.43. The number of rotatable bonds is 5. The molecule has 2 aromatic carbocycles. The van der Waals surface area contributed by atoms with Crippen LogP contribution in [0.25, 0.3) is 6.08 Å². The van der Waals surface area contributed by atoms with Gasteiger partial charge in [0.25, 0.3) is 0 Å². The molecule has 2 aromatic rings. The van der Waals surface area contributed by atoms with E-state index >= 15 is 0 Å². The summed E-state index contributed by atoms with van der Waals surface area (Å²) >= 11 is 0. The Kier molecular flexibility index (Phi) is 5.04. The number of fused-ring (bicyclic) bond motifs is 1. The number of carbonyl (C=O) groups excluding carboxylic acids is 1. The van der Waals surface area contributed by atoms with Crippen LogP contribution in [0.2, 0.25) is 0 Å². The van der Waals surface area contributed by atoms with Crippen LogP contribution in [-0.4, -0.2) is 26.7 Å². The highest BCUT2D eigenvalue weighted by molar-refractivity contribution is 6.00. The predicted molar refractivity (Wildman–Crippen MR) is 97.2 cm³/mol. The van der Waals surface area contributed by atoms with Crippen molar-refractivity contribution in [3.63, 3.8) is 0 Å². The van der Waals surface area contributed by atoms with Gasteiger partial charge in [0, 0.05) is 17.7 Å². The van der Waals surface area contributed by atoms with Crippen LogP contribution >= 0.6 is 0 Å². The predicted octanol–water partition coefficient (Wildman–Crippen LogP) is 3.67. The number of nitrogens with one attached hydrogen (secondary N) is 1. The summed E-state index contributed by atoms with van der Waals surface area (Å²) in [6.07, 6.45) is 5.23. The van der Waals surface area contributed by atoms with Crippen LogP contribution in [0.1, 0.15) is 5.56 Å². The molecule has 0 atom stereocenters. The summed E-state index contributed by atoms with van der Waals surface area (Å²) in [4.78, 5) is 12.2. The average Bonchev–Trinajstić information content (AvgIpc) is 2.66. The first-order valence-electron chi connectivity index (χ1n) is 7.83. The number of amides is 1. The molecule has 0 aliphatic carbocycles. The molecule has 0 spiro atoms. The normalized spacial score (nSPS) is 12.8. The lowest BCUT2D eigenvalue weighted by Gasteiger charge is -2.15. The van der Waals surface area contributed by atoms with Crippen molar-refractivity contribution in [1.82, 2.24) is 0 Å². The van der Waals surface area contributed by atoms with Gasteiger partial charge in [-0.05, 0) is 29.8 Å². The SMILES string of the molecule is COc1ccc(OC)c(NC(=O)C=CC2=Cc3ccccc3OC2)c1. The molecule has 1 amide bonds. The molecule has 0 saturated carbocycles. The molecule has 0 fully saturated rings. The van der Waals surface area contributed by atoms with Gasteiger partial charge in [0.2, 0.25) is 5.91 Å². The molecule has 0 saturated heterocycles. The van der Waals surface area contributed by atoms with E-state index in [0.29, 0.717) is 23.8 Å². The number of hydrogen-bond donors (Lipinski definition) is 1. The molecular formula is C20H19NO4. The van der Waals surface area contributed by atoms with Crippen molar-refractivity contribution in [2.45, 2.75) is 0 Å². The van der Waals surface area contributed by atoms with Crippen LogP contribution in [0.15, 0.2) is 60.2 Å². The van der Waals surface area contributed by atoms with Crippen LogP contribution in [0.5, 0.6) is 17.2 Å². The summed E-state index contributed by atoms with van der Waals surface area (Å²) in [5.74, 6) is 1.80. The Balaban J connectivity index is 1.71. The van der Waals surface area contributed by atoms with Gasteiger partial charge in [-0.3, -0.25) is 4.79 Å². The first-order valence-corrected chi connectivity index (χ1v) is 7.83. The molecule has 0 bridgehead atoms. The maximum absolute atomic E-state index is 12.2. The minimum atomic E-state index is -0.258. The van der Waals surface area contributed by atoms with Gasteiger partial charge in [-0.15, -0.1) is 0 Å². The van der Waals surface area contributed by atoms with Crippen molar-refractivity contribution in [2.75, 3.05) is 26.1 Å². The number of methoxy groups -OCH3 is 2. The number of ether oxygens (including phenoxy) is 3. The molecule has 1 aliphatic rings. The number of para-hydroxylation sites is 1. The van der Waals surface area contributed by atoms with E-state index in [2.05, 4.69) is 5.32 Å². The van der Waals surface area contributed by atoms with Crippen molar-refractivity contribution in [3.8, 4) is 17.2 Å². The van der Waals surface area contributed by atoms with Gasteiger partial charge >= 0.3 is 0 Å². The van der Waals surface area contributed by atoms with E-state index in [4.69, 9.17) is 14.2 Å². The molecule has 0 radical (unpaired) electrons. The fraction of sp³-hybridized carbons (Fsp3) is 0.150. The van der Waals surface area contributed by atoms with E-state index < -0.39 is 0 Å². The van der Waals surface area contributed by atoms with Crippen molar-refractivity contribution >= 4 is 17.7 Å². The van der Waals surface area contributed by atoms with E-state index in [0.717, 1.165) is 16.9 Å². The third kappa shape index (κ3) is 4.01. The minimum absolute atomic E-state index is 0.258. The Labute approximate surface area is 146 Å². The molecule has 5 nitrogen and oxygen atoms in total. The third-order valence-electron chi connectivity index (χ3n) is 3.77. The lowest BCUT2D eigenvalue weighted by molar-refractivity contribution is -0.111. The molecule has 3 rings (SSSR count). The van der Waals surface area contributed by atoms with Gasteiger partial charge in [0.05, 0.1) is 19.9 Å². The summed E-state index contributed by atoms with van der Waals surface area (Å²) in [7, 11) is 3.12. The second-order valence-electron chi connectivity index (χ2n) is 5.43. The minimum Gasteiger partial charge on any atom is -0.497 e. The number of hydrogen-bond acceptors (Lipinski definition) is 4. The molecule has 0 aromatic heterocycles. The molecule has 0 unspecified atom stereocenters. The topological polar surface area (TPSA) is 56.8 Å². The quantitative estimate of drug-likeness (QED) is 0.846. The van der Waals surface area contributed by atoms with Crippen LogP contribution in [0.4, 0.5) is 5.69 Å². The Hall–Kier alpha value is -3.21. The summed E-state index contributed by atoms with van der Waals surface area (Å²) in [5, 5.41) is 2.80. The summed E-state index contributed by atoms with van der Waals surface area (Å²) in [6, 6.07) is 13.0. The summed E-state index contributed by atoms with van der Waals surface area (Å²) < 4.78 is 16.1. The van der Waals surface area contributed by atoms with Gasteiger partial charge < -0.3 is 19.5 Å². The molecule has 5 heteroatoms. The van der Waals surface area contributed by atoms with Gasteiger partial charge in [0.15, 0.2) is 0 Å². The second kappa shape index (κ2) is 7.57. The highest BCUT2D eigenvalue weighted by Gasteiger charge is 2.10. The van der Waals surface area contributed by atoms with E-state index in [9.17, 15) is 4.79 Å². The molecule has 1 N–H and O–H groups in total.